The lowest BCUT2D eigenvalue weighted by Crippen LogP contribution is -2.36. The van der Waals surface area contributed by atoms with E-state index in [-0.39, 0.29) is 5.41 Å². The standard InChI is InChI=1S/C30H44N2/c1-2-3-4-5-6-23-7-9-24(10-8-23)25-19-21-30(22-20-25,26-11-15-28(31)16-12-26)27-13-17-29(32)18-14-27/h11-18,23-25H,2-10,19-22,31-32H2,1H3/t23-,24-. The van der Waals surface area contributed by atoms with Crippen molar-refractivity contribution in [2.75, 3.05) is 11.5 Å². The summed E-state index contributed by atoms with van der Waals surface area (Å²) in [6, 6.07) is 17.3. The molecule has 0 radical (unpaired) electrons. The van der Waals surface area contributed by atoms with Crippen molar-refractivity contribution in [3.63, 3.8) is 0 Å². The van der Waals surface area contributed by atoms with E-state index in [9.17, 15) is 0 Å². The number of anilines is 2. The average molecular weight is 433 g/mol. The number of nitrogens with two attached hydrogens (primary N) is 2. The van der Waals surface area contributed by atoms with E-state index in [1.807, 2.05) is 0 Å². The Hall–Kier alpha value is -1.96. The number of hydrogen-bond acceptors (Lipinski definition) is 2. The molecule has 2 saturated carbocycles. The molecule has 174 valence electrons. The normalized spacial score (nSPS) is 23.8. The van der Waals surface area contributed by atoms with Crippen LogP contribution in [0.1, 0.15) is 102 Å². The molecule has 0 saturated heterocycles. The van der Waals surface area contributed by atoms with E-state index >= 15 is 0 Å². The predicted molar refractivity (Wildman–Crippen MR) is 139 cm³/mol. The van der Waals surface area contributed by atoms with Crippen LogP contribution in [-0.2, 0) is 5.41 Å². The first kappa shape index (κ1) is 23.2. The topological polar surface area (TPSA) is 52.0 Å². The minimum Gasteiger partial charge on any atom is -0.399 e. The molecule has 2 aliphatic carbocycles. The zero-order valence-corrected chi connectivity index (χ0v) is 20.2. The lowest BCUT2D eigenvalue weighted by atomic mass is 9.60. The number of unbranched alkanes of at least 4 members (excludes halogenated alkanes) is 3. The minimum atomic E-state index is 0.106. The maximum absolute atomic E-state index is 6.02. The van der Waals surface area contributed by atoms with Crippen molar-refractivity contribution >= 4 is 11.4 Å². The quantitative estimate of drug-likeness (QED) is 0.327. The minimum absolute atomic E-state index is 0.106. The Morgan fingerprint density at radius 3 is 1.66 bits per heavy atom. The van der Waals surface area contributed by atoms with Crippen LogP contribution in [0.5, 0.6) is 0 Å². The molecular formula is C30H44N2. The molecule has 2 heteroatoms. The van der Waals surface area contributed by atoms with Crippen molar-refractivity contribution in [2.45, 2.75) is 95.8 Å². The second-order valence-electron chi connectivity index (χ2n) is 10.8. The number of nitrogen functional groups attached to an aromatic ring is 2. The predicted octanol–water partition coefficient (Wildman–Crippen LogP) is 8.10. The highest BCUT2D eigenvalue weighted by Gasteiger charge is 2.40. The highest BCUT2D eigenvalue weighted by molar-refractivity contribution is 5.49. The summed E-state index contributed by atoms with van der Waals surface area (Å²) >= 11 is 0. The fraction of sp³-hybridized carbons (Fsp3) is 0.600. The summed E-state index contributed by atoms with van der Waals surface area (Å²) in [5, 5.41) is 0. The molecule has 0 bridgehead atoms. The van der Waals surface area contributed by atoms with Gasteiger partial charge in [-0.25, -0.2) is 0 Å². The lowest BCUT2D eigenvalue weighted by molar-refractivity contribution is 0.140. The van der Waals surface area contributed by atoms with Crippen LogP contribution in [0.25, 0.3) is 0 Å². The van der Waals surface area contributed by atoms with Gasteiger partial charge in [-0.05, 0) is 91.7 Å². The van der Waals surface area contributed by atoms with Gasteiger partial charge in [0.15, 0.2) is 0 Å². The number of rotatable bonds is 8. The van der Waals surface area contributed by atoms with E-state index in [0.717, 1.165) is 29.1 Å². The third-order valence-electron chi connectivity index (χ3n) is 8.83. The monoisotopic (exact) mass is 432 g/mol. The maximum atomic E-state index is 6.02. The maximum Gasteiger partial charge on any atom is 0.0314 e. The second kappa shape index (κ2) is 10.8. The molecule has 32 heavy (non-hydrogen) atoms. The zero-order chi connectivity index (χ0) is 22.4. The summed E-state index contributed by atoms with van der Waals surface area (Å²) in [5.41, 5.74) is 16.7. The van der Waals surface area contributed by atoms with Crippen LogP contribution in [0.15, 0.2) is 48.5 Å². The zero-order valence-electron chi connectivity index (χ0n) is 20.2. The second-order valence-corrected chi connectivity index (χ2v) is 10.8. The smallest absolute Gasteiger partial charge is 0.0314 e. The van der Waals surface area contributed by atoms with Gasteiger partial charge < -0.3 is 11.5 Å². The molecule has 0 spiro atoms. The van der Waals surface area contributed by atoms with Crippen LogP contribution in [0.2, 0.25) is 0 Å². The van der Waals surface area contributed by atoms with Gasteiger partial charge in [-0.15, -0.1) is 0 Å². The Morgan fingerprint density at radius 1 is 0.656 bits per heavy atom. The molecule has 2 nitrogen and oxygen atoms in total. The highest BCUT2D eigenvalue weighted by Crippen LogP contribution is 2.50. The largest absolute Gasteiger partial charge is 0.399 e. The molecule has 2 aromatic rings. The third kappa shape index (κ3) is 5.33. The highest BCUT2D eigenvalue weighted by atomic mass is 14.6. The lowest BCUT2D eigenvalue weighted by Gasteiger charge is -2.44. The molecule has 4 N–H and O–H groups in total. The Balaban J connectivity index is 1.39. The van der Waals surface area contributed by atoms with Gasteiger partial charge in [0.2, 0.25) is 0 Å². The van der Waals surface area contributed by atoms with Crippen LogP contribution >= 0.6 is 0 Å². The number of benzene rings is 2. The van der Waals surface area contributed by atoms with Crippen molar-refractivity contribution in [3.05, 3.63) is 59.7 Å². The van der Waals surface area contributed by atoms with Crippen molar-refractivity contribution in [3.8, 4) is 0 Å². The van der Waals surface area contributed by atoms with Crippen molar-refractivity contribution in [2.24, 2.45) is 17.8 Å². The number of hydrogen-bond donors (Lipinski definition) is 2. The first-order chi connectivity index (χ1) is 15.6. The van der Waals surface area contributed by atoms with Crippen molar-refractivity contribution < 1.29 is 0 Å². The van der Waals surface area contributed by atoms with Gasteiger partial charge in [-0.2, -0.15) is 0 Å². The Labute approximate surface area is 196 Å². The first-order valence-corrected chi connectivity index (χ1v) is 13.3. The van der Waals surface area contributed by atoms with E-state index in [1.54, 1.807) is 0 Å². The van der Waals surface area contributed by atoms with Crippen LogP contribution in [0, 0.1) is 17.8 Å². The van der Waals surface area contributed by atoms with Crippen molar-refractivity contribution in [1.82, 2.24) is 0 Å². The van der Waals surface area contributed by atoms with E-state index < -0.39 is 0 Å². The molecule has 0 aliphatic heterocycles. The Bertz CT molecular complexity index is 759. The van der Waals surface area contributed by atoms with Gasteiger partial charge >= 0.3 is 0 Å². The van der Waals surface area contributed by atoms with Crippen LogP contribution in [0.3, 0.4) is 0 Å². The van der Waals surface area contributed by atoms with Gasteiger partial charge in [0.25, 0.3) is 0 Å². The molecule has 0 atom stereocenters. The van der Waals surface area contributed by atoms with Gasteiger partial charge in [0.05, 0.1) is 0 Å². The molecule has 0 aromatic heterocycles. The fourth-order valence-electron chi connectivity index (χ4n) is 6.76. The van der Waals surface area contributed by atoms with Crippen molar-refractivity contribution in [1.29, 1.82) is 0 Å². The first-order valence-electron chi connectivity index (χ1n) is 13.3. The molecule has 0 heterocycles. The Morgan fingerprint density at radius 2 is 1.16 bits per heavy atom. The molecule has 4 rings (SSSR count). The third-order valence-corrected chi connectivity index (χ3v) is 8.83. The molecule has 0 unspecified atom stereocenters. The molecule has 0 amide bonds. The van der Waals surface area contributed by atoms with Gasteiger partial charge in [-0.3, -0.25) is 0 Å². The molecule has 2 aromatic carbocycles. The van der Waals surface area contributed by atoms with Crippen LogP contribution in [-0.4, -0.2) is 0 Å². The SMILES string of the molecule is CCCCCC[C@H]1CC[C@H](C2CCC(c3ccc(N)cc3)(c3ccc(N)cc3)CC2)CC1. The van der Waals surface area contributed by atoms with Crippen LogP contribution in [0.4, 0.5) is 11.4 Å². The van der Waals surface area contributed by atoms with Gasteiger partial charge in [-0.1, -0.05) is 76.1 Å². The van der Waals surface area contributed by atoms with E-state index in [2.05, 4.69) is 55.5 Å². The summed E-state index contributed by atoms with van der Waals surface area (Å²) in [6.07, 6.45) is 18.2. The van der Waals surface area contributed by atoms with E-state index in [4.69, 9.17) is 11.5 Å². The summed E-state index contributed by atoms with van der Waals surface area (Å²) in [6.45, 7) is 2.31. The summed E-state index contributed by atoms with van der Waals surface area (Å²) in [5.74, 6) is 2.87. The molecular weight excluding hydrogens is 388 g/mol. The summed E-state index contributed by atoms with van der Waals surface area (Å²) in [4.78, 5) is 0. The fourth-order valence-corrected chi connectivity index (χ4v) is 6.76. The van der Waals surface area contributed by atoms with E-state index in [0.29, 0.717) is 0 Å². The average Bonchev–Trinajstić information content (AvgIpc) is 2.83. The van der Waals surface area contributed by atoms with Gasteiger partial charge in [0.1, 0.15) is 0 Å². The van der Waals surface area contributed by atoms with Gasteiger partial charge in [0, 0.05) is 16.8 Å². The van der Waals surface area contributed by atoms with E-state index in [1.165, 1.54) is 94.6 Å². The summed E-state index contributed by atoms with van der Waals surface area (Å²) < 4.78 is 0. The molecule has 2 fully saturated rings. The Kier molecular flexibility index (Phi) is 7.81. The van der Waals surface area contributed by atoms with Crippen LogP contribution < -0.4 is 11.5 Å². The summed E-state index contributed by atoms with van der Waals surface area (Å²) in [7, 11) is 0. The molecule has 2 aliphatic rings.